The van der Waals surface area contributed by atoms with Crippen molar-refractivity contribution in [3.8, 4) is 0 Å². The van der Waals surface area contributed by atoms with Gasteiger partial charge in [0, 0.05) is 25.7 Å². The van der Waals surface area contributed by atoms with E-state index in [1.54, 1.807) is 6.20 Å². The Labute approximate surface area is 114 Å². The summed E-state index contributed by atoms with van der Waals surface area (Å²) in [6, 6.07) is 3.81. The standard InChI is InChI=1S/C14H22N4O/c1-2-11-3-4-14(19)18(8-6-11)10-12-5-7-16-13(9-12)17-15/h5,7,9,11H,2-4,6,8,10,15H2,1H3,(H,16,17). The van der Waals surface area contributed by atoms with E-state index in [0.29, 0.717) is 24.7 Å². The maximum absolute atomic E-state index is 12.1. The highest BCUT2D eigenvalue weighted by atomic mass is 16.2. The first-order valence-corrected chi connectivity index (χ1v) is 6.92. The molecule has 1 aliphatic heterocycles. The van der Waals surface area contributed by atoms with Crippen molar-refractivity contribution < 1.29 is 4.79 Å². The summed E-state index contributed by atoms with van der Waals surface area (Å²) >= 11 is 0. The van der Waals surface area contributed by atoms with Crippen LogP contribution in [0.25, 0.3) is 0 Å². The van der Waals surface area contributed by atoms with Gasteiger partial charge in [-0.25, -0.2) is 10.8 Å². The SMILES string of the molecule is CCC1CCC(=O)N(Cc2ccnc(NN)c2)CC1. The van der Waals surface area contributed by atoms with Gasteiger partial charge in [0.25, 0.3) is 0 Å². The molecular formula is C14H22N4O. The highest BCUT2D eigenvalue weighted by molar-refractivity contribution is 5.76. The summed E-state index contributed by atoms with van der Waals surface area (Å²) in [4.78, 5) is 18.1. The Kier molecular flexibility index (Phi) is 4.74. The Bertz CT molecular complexity index is 435. The first-order valence-electron chi connectivity index (χ1n) is 6.92. The van der Waals surface area contributed by atoms with E-state index in [2.05, 4.69) is 17.3 Å². The second-order valence-electron chi connectivity index (χ2n) is 5.11. The van der Waals surface area contributed by atoms with Crippen molar-refractivity contribution in [3.05, 3.63) is 23.9 Å². The maximum atomic E-state index is 12.1. The van der Waals surface area contributed by atoms with Crippen LogP contribution >= 0.6 is 0 Å². The first-order chi connectivity index (χ1) is 9.22. The van der Waals surface area contributed by atoms with Crippen LogP contribution in [0.5, 0.6) is 0 Å². The topological polar surface area (TPSA) is 71.2 Å². The molecule has 2 rings (SSSR count). The molecule has 5 nitrogen and oxygen atoms in total. The fourth-order valence-corrected chi connectivity index (χ4v) is 2.54. The number of nitrogens with one attached hydrogen (secondary N) is 1. The molecule has 19 heavy (non-hydrogen) atoms. The van der Waals surface area contributed by atoms with Crippen molar-refractivity contribution in [2.45, 2.75) is 39.2 Å². The lowest BCUT2D eigenvalue weighted by Crippen LogP contribution is -2.29. The highest BCUT2D eigenvalue weighted by Gasteiger charge is 2.21. The lowest BCUT2D eigenvalue weighted by molar-refractivity contribution is -0.131. The summed E-state index contributed by atoms with van der Waals surface area (Å²) in [6.45, 7) is 3.70. The zero-order chi connectivity index (χ0) is 13.7. The summed E-state index contributed by atoms with van der Waals surface area (Å²) in [7, 11) is 0. The minimum absolute atomic E-state index is 0.259. The van der Waals surface area contributed by atoms with Crippen molar-refractivity contribution in [3.63, 3.8) is 0 Å². The minimum Gasteiger partial charge on any atom is -0.338 e. The lowest BCUT2D eigenvalue weighted by atomic mass is 9.98. The van der Waals surface area contributed by atoms with E-state index in [4.69, 9.17) is 5.84 Å². The van der Waals surface area contributed by atoms with Crippen LogP contribution < -0.4 is 11.3 Å². The molecule has 0 aliphatic carbocycles. The van der Waals surface area contributed by atoms with E-state index < -0.39 is 0 Å². The average Bonchev–Trinajstić information content (AvgIpc) is 2.62. The normalized spacial score (nSPS) is 20.2. The first kappa shape index (κ1) is 13.8. The summed E-state index contributed by atoms with van der Waals surface area (Å²) < 4.78 is 0. The van der Waals surface area contributed by atoms with Crippen LogP contribution in [0.1, 0.15) is 38.2 Å². The van der Waals surface area contributed by atoms with Gasteiger partial charge >= 0.3 is 0 Å². The number of hydrogen-bond donors (Lipinski definition) is 2. The third-order valence-electron chi connectivity index (χ3n) is 3.85. The van der Waals surface area contributed by atoms with Crippen LogP contribution in [0.2, 0.25) is 0 Å². The van der Waals surface area contributed by atoms with Gasteiger partial charge in [-0.05, 0) is 36.5 Å². The lowest BCUT2D eigenvalue weighted by Gasteiger charge is -2.21. The summed E-state index contributed by atoms with van der Waals surface area (Å²) in [5.41, 5.74) is 3.59. The van der Waals surface area contributed by atoms with Gasteiger partial charge in [-0.1, -0.05) is 13.3 Å². The number of carbonyl (C=O) groups excluding carboxylic acids is 1. The van der Waals surface area contributed by atoms with Gasteiger partial charge in [0.05, 0.1) is 0 Å². The Morgan fingerprint density at radius 3 is 3.11 bits per heavy atom. The Hall–Kier alpha value is -1.62. The van der Waals surface area contributed by atoms with Gasteiger partial charge in [0.2, 0.25) is 5.91 Å². The number of pyridine rings is 1. The molecular weight excluding hydrogens is 240 g/mol. The predicted octanol–water partition coefficient (Wildman–Crippen LogP) is 1.91. The molecule has 3 N–H and O–H groups in total. The van der Waals surface area contributed by atoms with Crippen LogP contribution in [-0.2, 0) is 11.3 Å². The molecule has 1 aliphatic rings. The van der Waals surface area contributed by atoms with E-state index in [-0.39, 0.29) is 5.91 Å². The van der Waals surface area contributed by atoms with Crippen LogP contribution in [0, 0.1) is 5.92 Å². The van der Waals surface area contributed by atoms with Crippen molar-refractivity contribution in [1.82, 2.24) is 9.88 Å². The number of hydrogen-bond acceptors (Lipinski definition) is 4. The number of nitrogen functional groups attached to an aromatic ring is 1. The number of rotatable bonds is 4. The molecule has 1 aromatic heterocycles. The average molecular weight is 262 g/mol. The number of nitrogens with two attached hydrogens (primary N) is 1. The quantitative estimate of drug-likeness (QED) is 0.642. The summed E-state index contributed by atoms with van der Waals surface area (Å²) in [5.74, 6) is 6.93. The number of anilines is 1. The number of carbonyl (C=O) groups is 1. The molecule has 104 valence electrons. The monoisotopic (exact) mass is 262 g/mol. The van der Waals surface area contributed by atoms with Crippen molar-refractivity contribution >= 4 is 11.7 Å². The number of aromatic nitrogens is 1. The third-order valence-corrected chi connectivity index (χ3v) is 3.85. The Morgan fingerprint density at radius 2 is 2.37 bits per heavy atom. The fourth-order valence-electron chi connectivity index (χ4n) is 2.54. The molecule has 1 atom stereocenters. The molecule has 0 spiro atoms. The largest absolute Gasteiger partial charge is 0.338 e. The van der Waals surface area contributed by atoms with Crippen LogP contribution in [-0.4, -0.2) is 22.3 Å². The van der Waals surface area contributed by atoms with Gasteiger partial charge in [0.15, 0.2) is 0 Å². The summed E-state index contributed by atoms with van der Waals surface area (Å²) in [5, 5.41) is 0. The maximum Gasteiger partial charge on any atom is 0.222 e. The molecule has 1 fully saturated rings. The van der Waals surface area contributed by atoms with E-state index in [1.807, 2.05) is 17.0 Å². The molecule has 1 amide bonds. The fraction of sp³-hybridized carbons (Fsp3) is 0.571. The molecule has 0 bridgehead atoms. The van der Waals surface area contributed by atoms with Crippen LogP contribution in [0.4, 0.5) is 5.82 Å². The Balaban J connectivity index is 2.02. The van der Waals surface area contributed by atoms with Gasteiger partial charge in [-0.2, -0.15) is 0 Å². The number of likely N-dealkylation sites (tertiary alicyclic amines) is 1. The second kappa shape index (κ2) is 6.52. The number of nitrogens with zero attached hydrogens (tertiary/aromatic N) is 2. The smallest absolute Gasteiger partial charge is 0.222 e. The van der Waals surface area contributed by atoms with Crippen molar-refractivity contribution in [1.29, 1.82) is 0 Å². The predicted molar refractivity (Wildman–Crippen MR) is 75.1 cm³/mol. The molecule has 0 saturated carbocycles. The Morgan fingerprint density at radius 1 is 1.53 bits per heavy atom. The zero-order valence-electron chi connectivity index (χ0n) is 11.4. The van der Waals surface area contributed by atoms with E-state index in [9.17, 15) is 4.79 Å². The van der Waals surface area contributed by atoms with Crippen molar-refractivity contribution in [2.75, 3.05) is 12.0 Å². The zero-order valence-corrected chi connectivity index (χ0v) is 11.4. The second-order valence-corrected chi connectivity index (χ2v) is 5.11. The van der Waals surface area contributed by atoms with Gasteiger partial charge in [-0.3, -0.25) is 4.79 Å². The molecule has 5 heteroatoms. The highest BCUT2D eigenvalue weighted by Crippen LogP contribution is 2.22. The van der Waals surface area contributed by atoms with Crippen molar-refractivity contribution in [2.24, 2.45) is 11.8 Å². The molecule has 1 unspecified atom stereocenters. The minimum atomic E-state index is 0.259. The molecule has 1 saturated heterocycles. The number of amides is 1. The van der Waals surface area contributed by atoms with Crippen LogP contribution in [0.3, 0.4) is 0 Å². The third kappa shape index (κ3) is 3.67. The van der Waals surface area contributed by atoms with Crippen LogP contribution in [0.15, 0.2) is 18.3 Å². The van der Waals surface area contributed by atoms with Gasteiger partial charge in [-0.15, -0.1) is 0 Å². The molecule has 0 aromatic carbocycles. The van der Waals surface area contributed by atoms with E-state index in [1.165, 1.54) is 0 Å². The summed E-state index contributed by atoms with van der Waals surface area (Å²) in [6.07, 6.45) is 5.68. The molecule has 1 aromatic rings. The van der Waals surface area contributed by atoms with Gasteiger partial charge < -0.3 is 10.3 Å². The molecule has 0 radical (unpaired) electrons. The van der Waals surface area contributed by atoms with Gasteiger partial charge in [0.1, 0.15) is 5.82 Å². The van der Waals surface area contributed by atoms with E-state index in [0.717, 1.165) is 31.4 Å². The number of hydrazine groups is 1. The molecule has 2 heterocycles. The van der Waals surface area contributed by atoms with E-state index >= 15 is 0 Å².